The van der Waals surface area contributed by atoms with Crippen LogP contribution in [0.15, 0.2) is 0 Å². The lowest BCUT2D eigenvalue weighted by Crippen LogP contribution is -2.59. The fourth-order valence-corrected chi connectivity index (χ4v) is 7.71. The molecule has 0 aromatic rings. The highest BCUT2D eigenvalue weighted by Crippen LogP contribution is 2.26. The summed E-state index contributed by atoms with van der Waals surface area (Å²) in [6.07, 6.45) is 11.9. The maximum Gasteiger partial charge on any atom is 0.223 e. The molecule has 11 nitrogen and oxygen atoms in total. The number of amides is 1. The van der Waals surface area contributed by atoms with Crippen LogP contribution in [-0.4, -0.2) is 107 Å². The summed E-state index contributed by atoms with van der Waals surface area (Å²) in [5.74, 6) is 1.69. The second kappa shape index (κ2) is 16.8. The zero-order chi connectivity index (χ0) is 28.3. The van der Waals surface area contributed by atoms with Gasteiger partial charge in [-0.25, -0.2) is 10.9 Å². The minimum Gasteiger partial charge on any atom is -0.379 e. The molecule has 1 saturated carbocycles. The number of carbonyl (C=O) groups excluding carboxylic acids is 1. The van der Waals surface area contributed by atoms with E-state index < -0.39 is 0 Å². The SMILES string of the molecule is CCC1CNCCC1CNC(=O)C1CCCC(NCC2NNC(C3CCNCN3)N2CCOCC2CCCCN2)C1. The molecule has 0 bridgehead atoms. The fraction of sp³-hybridized carbons (Fsp3) is 0.967. The van der Waals surface area contributed by atoms with Crippen LogP contribution in [0, 0.1) is 17.8 Å². The summed E-state index contributed by atoms with van der Waals surface area (Å²) in [6.45, 7) is 11.6. The van der Waals surface area contributed by atoms with Crippen molar-refractivity contribution in [3.8, 4) is 0 Å². The first kappa shape index (κ1) is 31.5. The van der Waals surface area contributed by atoms with Gasteiger partial charge in [0.2, 0.25) is 5.91 Å². The molecular weight excluding hydrogens is 518 g/mol. The molecule has 8 N–H and O–H groups in total. The molecule has 236 valence electrons. The molecule has 5 rings (SSSR count). The largest absolute Gasteiger partial charge is 0.379 e. The van der Waals surface area contributed by atoms with E-state index in [4.69, 9.17) is 4.74 Å². The van der Waals surface area contributed by atoms with Gasteiger partial charge < -0.3 is 31.3 Å². The lowest BCUT2D eigenvalue weighted by Gasteiger charge is -2.37. The Morgan fingerprint density at radius 3 is 2.68 bits per heavy atom. The number of carbonyl (C=O) groups is 1. The van der Waals surface area contributed by atoms with Crippen LogP contribution in [0.5, 0.6) is 0 Å². The quantitative estimate of drug-likeness (QED) is 0.142. The van der Waals surface area contributed by atoms with Gasteiger partial charge in [-0.05, 0) is 83.0 Å². The summed E-state index contributed by atoms with van der Waals surface area (Å²) in [5, 5.41) is 21.4. The Morgan fingerprint density at radius 2 is 1.85 bits per heavy atom. The zero-order valence-electron chi connectivity index (χ0n) is 25.5. The number of hydrazine groups is 1. The molecule has 5 fully saturated rings. The molecule has 5 aliphatic rings. The molecule has 8 atom stereocenters. The van der Waals surface area contributed by atoms with Gasteiger partial charge in [0, 0.05) is 50.3 Å². The number of ether oxygens (including phenoxy) is 1. The summed E-state index contributed by atoms with van der Waals surface area (Å²) in [6, 6.07) is 1.28. The van der Waals surface area contributed by atoms with E-state index >= 15 is 0 Å². The van der Waals surface area contributed by atoms with Crippen LogP contribution < -0.4 is 42.8 Å². The first-order chi connectivity index (χ1) is 20.2. The van der Waals surface area contributed by atoms with E-state index in [0.29, 0.717) is 30.0 Å². The van der Waals surface area contributed by atoms with Gasteiger partial charge in [0.15, 0.2) is 0 Å². The van der Waals surface area contributed by atoms with Gasteiger partial charge in [0.25, 0.3) is 0 Å². The number of rotatable bonds is 13. The molecule has 41 heavy (non-hydrogen) atoms. The lowest BCUT2D eigenvalue weighted by atomic mass is 9.83. The number of nitrogens with zero attached hydrogens (tertiary/aromatic N) is 1. The highest BCUT2D eigenvalue weighted by atomic mass is 16.5. The van der Waals surface area contributed by atoms with E-state index in [2.05, 4.69) is 54.6 Å². The number of nitrogens with one attached hydrogen (secondary N) is 8. The van der Waals surface area contributed by atoms with Crippen molar-refractivity contribution in [2.75, 3.05) is 65.7 Å². The Kier molecular flexibility index (Phi) is 12.9. The van der Waals surface area contributed by atoms with Gasteiger partial charge >= 0.3 is 0 Å². The molecule has 4 saturated heterocycles. The average molecular weight is 578 g/mol. The molecule has 0 aromatic carbocycles. The van der Waals surface area contributed by atoms with Gasteiger partial charge in [0.1, 0.15) is 0 Å². The molecule has 4 heterocycles. The fourth-order valence-electron chi connectivity index (χ4n) is 7.71. The molecule has 0 spiro atoms. The topological polar surface area (TPSA) is 126 Å². The molecule has 1 amide bonds. The lowest BCUT2D eigenvalue weighted by molar-refractivity contribution is -0.126. The minimum atomic E-state index is 0.127. The van der Waals surface area contributed by atoms with Crippen molar-refractivity contribution in [2.45, 2.75) is 102 Å². The van der Waals surface area contributed by atoms with Gasteiger partial charge in [-0.15, -0.1) is 0 Å². The standard InChI is InChI=1S/C30H59N9O2/c1-2-22-17-31-12-9-24(22)18-35-30(40)23-6-5-8-25(16-23)34-19-28-37-38-29(27-10-13-32-21-36-27)39(28)14-15-41-20-26-7-3-4-11-33-26/h22-29,31-34,36-38H,2-21H2,1H3,(H,35,40). The van der Waals surface area contributed by atoms with Crippen LogP contribution in [0.3, 0.4) is 0 Å². The molecule has 4 aliphatic heterocycles. The van der Waals surface area contributed by atoms with E-state index in [9.17, 15) is 4.79 Å². The maximum absolute atomic E-state index is 13.2. The molecule has 0 radical (unpaired) electrons. The Labute approximate surface area is 248 Å². The number of piperidine rings is 2. The smallest absolute Gasteiger partial charge is 0.223 e. The van der Waals surface area contributed by atoms with E-state index in [0.717, 1.165) is 97.8 Å². The van der Waals surface area contributed by atoms with Crippen molar-refractivity contribution >= 4 is 5.91 Å². The van der Waals surface area contributed by atoms with Gasteiger partial charge in [0.05, 0.1) is 25.5 Å². The van der Waals surface area contributed by atoms with Crippen LogP contribution in [0.4, 0.5) is 0 Å². The molecule has 8 unspecified atom stereocenters. The predicted molar refractivity (Wildman–Crippen MR) is 163 cm³/mol. The Balaban J connectivity index is 1.07. The monoisotopic (exact) mass is 577 g/mol. The summed E-state index contributed by atoms with van der Waals surface area (Å²) < 4.78 is 6.17. The van der Waals surface area contributed by atoms with Gasteiger partial charge in [-0.1, -0.05) is 26.2 Å². The Morgan fingerprint density at radius 1 is 0.927 bits per heavy atom. The predicted octanol–water partition coefficient (Wildman–Crippen LogP) is 0.0164. The van der Waals surface area contributed by atoms with Crippen LogP contribution >= 0.6 is 0 Å². The zero-order valence-corrected chi connectivity index (χ0v) is 25.5. The Hall–Kier alpha value is -0.890. The van der Waals surface area contributed by atoms with Crippen LogP contribution in [0.1, 0.15) is 71.1 Å². The molecule has 11 heteroatoms. The third kappa shape index (κ3) is 9.30. The summed E-state index contributed by atoms with van der Waals surface area (Å²) in [4.78, 5) is 15.7. The summed E-state index contributed by atoms with van der Waals surface area (Å²) in [5.41, 5.74) is 7.18. The van der Waals surface area contributed by atoms with Gasteiger partial charge in [-0.3, -0.25) is 15.0 Å². The minimum absolute atomic E-state index is 0.127. The Bertz CT molecular complexity index is 764. The molecule has 0 aromatic heterocycles. The second-order valence-electron chi connectivity index (χ2n) is 13.1. The summed E-state index contributed by atoms with van der Waals surface area (Å²) in [7, 11) is 0. The van der Waals surface area contributed by atoms with Crippen molar-refractivity contribution in [3.63, 3.8) is 0 Å². The molecular formula is C30H59N9O2. The second-order valence-corrected chi connectivity index (χ2v) is 13.1. The van der Waals surface area contributed by atoms with Gasteiger partial charge in [-0.2, -0.15) is 0 Å². The number of hydrogen-bond donors (Lipinski definition) is 8. The first-order valence-corrected chi connectivity index (χ1v) is 16.9. The highest BCUT2D eigenvalue weighted by Gasteiger charge is 2.38. The van der Waals surface area contributed by atoms with Crippen LogP contribution in [0.2, 0.25) is 0 Å². The van der Waals surface area contributed by atoms with E-state index in [1.54, 1.807) is 0 Å². The third-order valence-electron chi connectivity index (χ3n) is 10.4. The van der Waals surface area contributed by atoms with Crippen molar-refractivity contribution in [3.05, 3.63) is 0 Å². The van der Waals surface area contributed by atoms with E-state index in [-0.39, 0.29) is 24.2 Å². The third-order valence-corrected chi connectivity index (χ3v) is 10.4. The van der Waals surface area contributed by atoms with Crippen molar-refractivity contribution in [1.82, 2.24) is 47.7 Å². The van der Waals surface area contributed by atoms with Crippen molar-refractivity contribution < 1.29 is 9.53 Å². The molecule has 1 aliphatic carbocycles. The van der Waals surface area contributed by atoms with Crippen molar-refractivity contribution in [1.29, 1.82) is 0 Å². The first-order valence-electron chi connectivity index (χ1n) is 16.9. The van der Waals surface area contributed by atoms with Crippen molar-refractivity contribution in [2.24, 2.45) is 17.8 Å². The normalized spacial score (nSPS) is 37.2. The summed E-state index contributed by atoms with van der Waals surface area (Å²) >= 11 is 0. The average Bonchev–Trinajstić information content (AvgIpc) is 3.44. The number of hydrogen-bond acceptors (Lipinski definition) is 10. The van der Waals surface area contributed by atoms with Crippen LogP contribution in [-0.2, 0) is 9.53 Å². The van der Waals surface area contributed by atoms with E-state index in [1.807, 2.05) is 0 Å². The van der Waals surface area contributed by atoms with Crippen LogP contribution in [0.25, 0.3) is 0 Å². The maximum atomic E-state index is 13.2. The highest BCUT2D eigenvalue weighted by molar-refractivity contribution is 5.78. The van der Waals surface area contributed by atoms with E-state index in [1.165, 1.54) is 32.1 Å².